The Morgan fingerprint density at radius 2 is 2.21 bits per heavy atom. The van der Waals surface area contributed by atoms with E-state index in [9.17, 15) is 19.5 Å². The highest BCUT2D eigenvalue weighted by molar-refractivity contribution is 8.06. The number of nitrogens with two attached hydrogens (primary N) is 1. The summed E-state index contributed by atoms with van der Waals surface area (Å²) in [6.45, 7) is 1.45. The Labute approximate surface area is 202 Å². The SMILES string of the molecule is CO/N=C(\C(=O)NC1C(=O)N2C(C(=O)O)=C(SCC3CCOCC3)CS[C@@H]12)c1csc(N)n1. The van der Waals surface area contributed by atoms with E-state index in [0.717, 1.165) is 43.1 Å². The average Bonchev–Trinajstić information content (AvgIpc) is 3.25. The van der Waals surface area contributed by atoms with Crippen molar-refractivity contribution in [3.63, 3.8) is 0 Å². The van der Waals surface area contributed by atoms with Crippen LogP contribution in [0.1, 0.15) is 18.5 Å². The van der Waals surface area contributed by atoms with E-state index in [1.54, 1.807) is 5.38 Å². The molecule has 14 heteroatoms. The van der Waals surface area contributed by atoms with E-state index in [1.165, 1.54) is 35.5 Å². The van der Waals surface area contributed by atoms with Crippen LogP contribution in [0.25, 0.3) is 0 Å². The number of aliphatic carboxylic acids is 1. The van der Waals surface area contributed by atoms with Crippen LogP contribution in [0.2, 0.25) is 0 Å². The molecular weight excluding hydrogens is 490 g/mol. The number of aromatic nitrogens is 1. The lowest BCUT2D eigenvalue weighted by Gasteiger charge is -2.49. The zero-order valence-electron chi connectivity index (χ0n) is 17.7. The molecule has 11 nitrogen and oxygen atoms in total. The van der Waals surface area contributed by atoms with Gasteiger partial charge in [0.05, 0.1) is 0 Å². The van der Waals surface area contributed by atoms with E-state index in [0.29, 0.717) is 16.6 Å². The fraction of sp³-hybridized carbons (Fsp3) is 0.526. The van der Waals surface area contributed by atoms with Gasteiger partial charge in [-0.2, -0.15) is 0 Å². The second kappa shape index (κ2) is 10.3. The minimum atomic E-state index is -1.15. The number of nitrogens with one attached hydrogen (secondary N) is 1. The van der Waals surface area contributed by atoms with Crippen molar-refractivity contribution in [3.8, 4) is 0 Å². The predicted molar refractivity (Wildman–Crippen MR) is 126 cm³/mol. The van der Waals surface area contributed by atoms with Gasteiger partial charge in [0.15, 0.2) is 10.8 Å². The first kappa shape index (κ1) is 23.9. The molecule has 0 aromatic carbocycles. The summed E-state index contributed by atoms with van der Waals surface area (Å²) in [5.41, 5.74) is 5.76. The largest absolute Gasteiger partial charge is 0.477 e. The van der Waals surface area contributed by atoms with Gasteiger partial charge in [0, 0.05) is 35.0 Å². The number of carbonyl (C=O) groups excluding carboxylic acids is 2. The van der Waals surface area contributed by atoms with E-state index in [-0.39, 0.29) is 22.2 Å². The summed E-state index contributed by atoms with van der Waals surface area (Å²) in [6, 6.07) is -0.878. The average molecular weight is 514 g/mol. The fourth-order valence-corrected chi connectivity index (χ4v) is 7.11. The van der Waals surface area contributed by atoms with Crippen LogP contribution in [0, 0.1) is 5.92 Å². The van der Waals surface area contributed by atoms with Crippen LogP contribution in [0.5, 0.6) is 0 Å². The van der Waals surface area contributed by atoms with Gasteiger partial charge in [-0.3, -0.25) is 14.5 Å². The summed E-state index contributed by atoms with van der Waals surface area (Å²) in [6.07, 6.45) is 1.90. The molecule has 4 N–H and O–H groups in total. The fourth-order valence-electron chi connectivity index (χ4n) is 3.73. The number of β-lactam (4-membered cyclic amide) rings is 1. The number of nitrogens with zero attached hydrogens (tertiary/aromatic N) is 3. The number of oxime groups is 1. The van der Waals surface area contributed by atoms with Crippen molar-refractivity contribution in [3.05, 3.63) is 21.7 Å². The molecule has 2 amide bonds. The highest BCUT2D eigenvalue weighted by Crippen LogP contribution is 2.44. The minimum absolute atomic E-state index is 0.00404. The Hall–Kier alpha value is -2.29. The molecule has 2 saturated heterocycles. The van der Waals surface area contributed by atoms with Crippen LogP contribution in [0.3, 0.4) is 0 Å². The van der Waals surface area contributed by atoms with Crippen molar-refractivity contribution in [1.29, 1.82) is 0 Å². The molecule has 0 spiro atoms. The van der Waals surface area contributed by atoms with Crippen molar-refractivity contribution in [2.45, 2.75) is 24.3 Å². The van der Waals surface area contributed by atoms with Crippen LogP contribution >= 0.6 is 34.9 Å². The number of carboxylic acid groups (broad SMARTS) is 1. The van der Waals surface area contributed by atoms with Crippen LogP contribution in [-0.2, 0) is 24.0 Å². The molecule has 0 aliphatic carbocycles. The molecule has 1 aromatic heterocycles. The van der Waals surface area contributed by atoms with E-state index < -0.39 is 29.2 Å². The number of thiazole rings is 1. The third kappa shape index (κ3) is 4.98. The number of thioether (sulfide) groups is 2. The lowest BCUT2D eigenvalue weighted by Crippen LogP contribution is -2.71. The number of ether oxygens (including phenoxy) is 1. The Bertz CT molecular complexity index is 1010. The second-order valence-corrected chi connectivity index (χ2v) is 10.6. The number of anilines is 1. The standard InChI is InChI=1S/C19H23N5O6S3/c1-29-23-12(10-7-33-19(20)21-10)15(25)22-13-16(26)24-14(18(27)28)11(8-32-17(13)24)31-6-9-2-4-30-5-3-9/h7,9,13,17H,2-6,8H2,1H3,(H2,20,21)(H,22,25)(H,27,28)/b23-12-/t13?,17-/m0/s1. The quantitative estimate of drug-likeness (QED) is 0.260. The van der Waals surface area contributed by atoms with Crippen LogP contribution in [0.15, 0.2) is 21.1 Å². The zero-order valence-corrected chi connectivity index (χ0v) is 20.1. The van der Waals surface area contributed by atoms with E-state index in [1.807, 2.05) is 0 Å². The number of hydrogen-bond donors (Lipinski definition) is 3. The Morgan fingerprint density at radius 1 is 1.45 bits per heavy atom. The maximum Gasteiger partial charge on any atom is 0.353 e. The first-order chi connectivity index (χ1) is 15.9. The maximum atomic E-state index is 12.9. The normalized spacial score (nSPS) is 23.7. The topological polar surface area (TPSA) is 156 Å². The third-order valence-electron chi connectivity index (χ3n) is 5.42. The number of carbonyl (C=O) groups is 3. The molecule has 0 bridgehead atoms. The van der Waals surface area contributed by atoms with Crippen LogP contribution < -0.4 is 11.1 Å². The predicted octanol–water partition coefficient (Wildman–Crippen LogP) is 0.932. The monoisotopic (exact) mass is 513 g/mol. The van der Waals surface area contributed by atoms with Gasteiger partial charge in [0.25, 0.3) is 11.8 Å². The molecular formula is C19H23N5O6S3. The van der Waals surface area contributed by atoms with Gasteiger partial charge in [0.2, 0.25) is 0 Å². The molecule has 4 rings (SSSR count). The third-order valence-corrected chi connectivity index (χ3v) is 8.88. The van der Waals surface area contributed by atoms with Crippen molar-refractivity contribution < 1.29 is 29.1 Å². The minimum Gasteiger partial charge on any atom is -0.477 e. The van der Waals surface area contributed by atoms with E-state index in [2.05, 4.69) is 15.5 Å². The summed E-state index contributed by atoms with van der Waals surface area (Å²) < 4.78 is 5.38. The second-order valence-electron chi connectivity index (χ2n) is 7.50. The summed E-state index contributed by atoms with van der Waals surface area (Å²) in [5, 5.41) is 17.5. The molecule has 1 unspecified atom stereocenters. The zero-order chi connectivity index (χ0) is 23.5. The first-order valence-electron chi connectivity index (χ1n) is 10.2. The van der Waals surface area contributed by atoms with Gasteiger partial charge < -0.3 is 25.7 Å². The van der Waals surface area contributed by atoms with E-state index in [4.69, 9.17) is 15.3 Å². The smallest absolute Gasteiger partial charge is 0.353 e. The van der Waals surface area contributed by atoms with Crippen molar-refractivity contribution in [1.82, 2.24) is 15.2 Å². The molecule has 2 atom stereocenters. The van der Waals surface area contributed by atoms with Gasteiger partial charge in [-0.15, -0.1) is 34.9 Å². The van der Waals surface area contributed by atoms with Crippen molar-refractivity contribution in [2.24, 2.45) is 11.1 Å². The number of nitrogen functional groups attached to an aromatic ring is 1. The summed E-state index contributed by atoms with van der Waals surface area (Å²) in [7, 11) is 1.29. The number of fused-ring (bicyclic) bond motifs is 1. The van der Waals surface area contributed by atoms with E-state index >= 15 is 0 Å². The van der Waals surface area contributed by atoms with Crippen molar-refractivity contribution >= 4 is 63.5 Å². The summed E-state index contributed by atoms with van der Waals surface area (Å²) in [4.78, 5) is 48.4. The number of rotatable bonds is 8. The first-order valence-corrected chi connectivity index (χ1v) is 13.1. The molecule has 33 heavy (non-hydrogen) atoms. The number of amides is 2. The van der Waals surface area contributed by atoms with Gasteiger partial charge >= 0.3 is 5.97 Å². The Morgan fingerprint density at radius 3 is 2.85 bits per heavy atom. The molecule has 3 aliphatic heterocycles. The van der Waals surface area contributed by atoms with Gasteiger partial charge in [-0.1, -0.05) is 5.16 Å². The molecule has 0 saturated carbocycles. The highest BCUT2D eigenvalue weighted by atomic mass is 32.2. The Balaban J connectivity index is 1.45. The van der Waals surface area contributed by atoms with Crippen LogP contribution in [0.4, 0.5) is 5.13 Å². The molecule has 178 valence electrons. The van der Waals surface area contributed by atoms with Gasteiger partial charge in [-0.05, 0) is 18.8 Å². The molecule has 3 aliphatic rings. The molecule has 0 radical (unpaired) electrons. The number of hydrogen-bond acceptors (Lipinski definition) is 11. The van der Waals surface area contributed by atoms with Crippen molar-refractivity contribution in [2.75, 3.05) is 37.6 Å². The highest BCUT2D eigenvalue weighted by Gasteiger charge is 2.54. The summed E-state index contributed by atoms with van der Waals surface area (Å²) in [5.74, 6) is -0.564. The van der Waals surface area contributed by atoms with Gasteiger partial charge in [0.1, 0.15) is 29.9 Å². The molecule has 4 heterocycles. The summed E-state index contributed by atoms with van der Waals surface area (Å²) >= 11 is 4.06. The lowest BCUT2D eigenvalue weighted by atomic mass is 10.0. The molecule has 2 fully saturated rings. The van der Waals surface area contributed by atoms with Gasteiger partial charge in [-0.25, -0.2) is 9.78 Å². The Kier molecular flexibility index (Phi) is 7.46. The molecule has 1 aromatic rings. The number of carboxylic acids is 1. The maximum absolute atomic E-state index is 12.9. The van der Waals surface area contributed by atoms with Crippen LogP contribution in [-0.4, -0.2) is 81.7 Å². The lowest BCUT2D eigenvalue weighted by molar-refractivity contribution is -0.150.